The lowest BCUT2D eigenvalue weighted by molar-refractivity contribution is -0.152. The van der Waals surface area contributed by atoms with Crippen LogP contribution >= 0.6 is 23.2 Å². The van der Waals surface area contributed by atoms with Crippen molar-refractivity contribution in [1.82, 2.24) is 5.32 Å². The zero-order valence-corrected chi connectivity index (χ0v) is 16.3. The van der Waals surface area contributed by atoms with Crippen LogP contribution in [0.5, 0.6) is 0 Å². The Morgan fingerprint density at radius 1 is 1.11 bits per heavy atom. The van der Waals surface area contributed by atoms with Crippen molar-refractivity contribution in [1.29, 1.82) is 0 Å². The van der Waals surface area contributed by atoms with Gasteiger partial charge in [0.25, 0.3) is 11.8 Å². The van der Waals surface area contributed by atoms with Gasteiger partial charge in [-0.25, -0.2) is 0 Å². The van der Waals surface area contributed by atoms with E-state index < -0.39 is 24.5 Å². The van der Waals surface area contributed by atoms with E-state index in [1.165, 1.54) is 30.0 Å². The molecule has 0 aliphatic heterocycles. The van der Waals surface area contributed by atoms with Crippen LogP contribution in [-0.4, -0.2) is 37.5 Å². The molecule has 0 saturated carbocycles. The molecule has 2 aromatic carbocycles. The number of anilines is 1. The highest BCUT2D eigenvalue weighted by Gasteiger charge is 2.22. The normalized spacial score (nSPS) is 11.4. The summed E-state index contributed by atoms with van der Waals surface area (Å²) in [6.07, 6.45) is -1.00. The third-order valence-corrected chi connectivity index (χ3v) is 4.25. The third kappa shape index (κ3) is 5.70. The summed E-state index contributed by atoms with van der Waals surface area (Å²) in [5, 5.41) is 2.96. The summed E-state index contributed by atoms with van der Waals surface area (Å²) in [6.45, 7) is 1.07. The maximum atomic E-state index is 12.3. The van der Waals surface area contributed by atoms with Crippen LogP contribution in [0.15, 0.2) is 48.5 Å². The summed E-state index contributed by atoms with van der Waals surface area (Å²) in [5.41, 5.74) is 0.859. The van der Waals surface area contributed by atoms with Crippen molar-refractivity contribution in [2.45, 2.75) is 13.0 Å². The third-order valence-electron chi connectivity index (χ3n) is 3.70. The molecule has 142 valence electrons. The van der Waals surface area contributed by atoms with Crippen molar-refractivity contribution < 1.29 is 19.1 Å². The van der Waals surface area contributed by atoms with Crippen molar-refractivity contribution in [3.05, 3.63) is 64.1 Å². The molecule has 2 amide bonds. The van der Waals surface area contributed by atoms with E-state index in [1.807, 2.05) is 6.07 Å². The smallest absolute Gasteiger partial charge is 0.326 e. The second-order valence-corrected chi connectivity index (χ2v) is 6.52. The molecule has 0 radical (unpaired) electrons. The first-order valence-electron chi connectivity index (χ1n) is 8.05. The van der Waals surface area contributed by atoms with E-state index in [0.29, 0.717) is 10.7 Å². The number of esters is 1. The maximum Gasteiger partial charge on any atom is 0.326 e. The van der Waals surface area contributed by atoms with Gasteiger partial charge in [0.05, 0.1) is 10.6 Å². The molecule has 0 fully saturated rings. The van der Waals surface area contributed by atoms with Gasteiger partial charge in [0.15, 0.2) is 6.10 Å². The zero-order chi connectivity index (χ0) is 20.0. The summed E-state index contributed by atoms with van der Waals surface area (Å²) in [5.74, 6) is -1.67. The van der Waals surface area contributed by atoms with Crippen molar-refractivity contribution in [3.63, 3.8) is 0 Å². The van der Waals surface area contributed by atoms with Crippen LogP contribution < -0.4 is 10.2 Å². The van der Waals surface area contributed by atoms with E-state index in [0.717, 1.165) is 0 Å². The van der Waals surface area contributed by atoms with E-state index >= 15 is 0 Å². The number of amides is 2. The lowest BCUT2D eigenvalue weighted by Gasteiger charge is -2.21. The summed E-state index contributed by atoms with van der Waals surface area (Å²) in [4.78, 5) is 37.7. The highest BCUT2D eigenvalue weighted by molar-refractivity contribution is 6.36. The van der Waals surface area contributed by atoms with Gasteiger partial charge in [-0.15, -0.1) is 0 Å². The highest BCUT2D eigenvalue weighted by Crippen LogP contribution is 2.20. The molecule has 2 rings (SSSR count). The predicted octanol–water partition coefficient (Wildman–Crippen LogP) is 3.32. The fourth-order valence-corrected chi connectivity index (χ4v) is 2.76. The number of hydrogen-bond donors (Lipinski definition) is 1. The van der Waals surface area contributed by atoms with E-state index in [9.17, 15) is 14.4 Å². The number of halogens is 2. The SMILES string of the molecule is CC(OC(=O)CNC(=O)c1ccc(Cl)cc1Cl)C(=O)N(C)c1ccccc1. The molecule has 27 heavy (non-hydrogen) atoms. The highest BCUT2D eigenvalue weighted by atomic mass is 35.5. The number of nitrogens with one attached hydrogen (secondary N) is 1. The van der Waals surface area contributed by atoms with Gasteiger partial charge in [-0.3, -0.25) is 14.4 Å². The molecular formula is C19H18Cl2N2O4. The monoisotopic (exact) mass is 408 g/mol. The molecule has 0 bridgehead atoms. The molecule has 0 spiro atoms. The van der Waals surface area contributed by atoms with Crippen LogP contribution in [0.25, 0.3) is 0 Å². The van der Waals surface area contributed by atoms with Crippen LogP contribution in [0, 0.1) is 0 Å². The second-order valence-electron chi connectivity index (χ2n) is 5.67. The van der Waals surface area contributed by atoms with Crippen molar-refractivity contribution in [2.75, 3.05) is 18.5 Å². The Morgan fingerprint density at radius 2 is 1.78 bits per heavy atom. The number of hydrogen-bond acceptors (Lipinski definition) is 4. The molecule has 1 unspecified atom stereocenters. The number of rotatable bonds is 6. The first kappa shape index (κ1) is 20.7. The molecule has 6 nitrogen and oxygen atoms in total. The largest absolute Gasteiger partial charge is 0.451 e. The first-order valence-corrected chi connectivity index (χ1v) is 8.80. The second kappa shape index (κ2) is 9.39. The molecule has 0 aliphatic rings. The van der Waals surface area contributed by atoms with Crippen LogP contribution in [0.3, 0.4) is 0 Å². The van der Waals surface area contributed by atoms with E-state index in [4.69, 9.17) is 27.9 Å². The fraction of sp³-hybridized carbons (Fsp3) is 0.211. The fourth-order valence-electron chi connectivity index (χ4n) is 2.26. The first-order chi connectivity index (χ1) is 12.8. The molecule has 2 aromatic rings. The predicted molar refractivity (Wildman–Crippen MR) is 104 cm³/mol. The number of ether oxygens (including phenoxy) is 1. The molecular weight excluding hydrogens is 391 g/mol. The van der Waals surface area contributed by atoms with Crippen LogP contribution in [-0.2, 0) is 14.3 Å². The number of benzene rings is 2. The molecule has 1 N–H and O–H groups in total. The molecule has 0 aromatic heterocycles. The number of carbonyl (C=O) groups excluding carboxylic acids is 3. The lowest BCUT2D eigenvalue weighted by atomic mass is 10.2. The number of nitrogens with zero attached hydrogens (tertiary/aromatic N) is 1. The van der Waals surface area contributed by atoms with E-state index in [-0.39, 0.29) is 16.5 Å². The molecule has 1 atom stereocenters. The summed E-state index contributed by atoms with van der Waals surface area (Å²) in [6, 6.07) is 13.4. The topological polar surface area (TPSA) is 75.7 Å². The minimum absolute atomic E-state index is 0.168. The number of para-hydroxylation sites is 1. The lowest BCUT2D eigenvalue weighted by Crippen LogP contribution is -2.39. The minimum Gasteiger partial charge on any atom is -0.451 e. The Bertz CT molecular complexity index is 843. The van der Waals surface area contributed by atoms with Crippen LogP contribution in [0.4, 0.5) is 5.69 Å². The average Bonchev–Trinajstić information content (AvgIpc) is 2.65. The Labute approximate surface area is 167 Å². The number of carbonyl (C=O) groups is 3. The number of likely N-dealkylation sites (N-methyl/N-ethyl adjacent to an activating group) is 1. The molecule has 8 heteroatoms. The van der Waals surface area contributed by atoms with Gasteiger partial charge in [-0.05, 0) is 37.3 Å². The molecule has 0 heterocycles. The van der Waals surface area contributed by atoms with Gasteiger partial charge in [0.1, 0.15) is 6.54 Å². The van der Waals surface area contributed by atoms with Gasteiger partial charge in [0, 0.05) is 17.8 Å². The van der Waals surface area contributed by atoms with Gasteiger partial charge >= 0.3 is 5.97 Å². The quantitative estimate of drug-likeness (QED) is 0.743. The zero-order valence-electron chi connectivity index (χ0n) is 14.7. The Hall–Kier alpha value is -2.57. The van der Waals surface area contributed by atoms with Gasteiger partial charge < -0.3 is 15.0 Å². The van der Waals surface area contributed by atoms with E-state index in [2.05, 4.69) is 5.32 Å². The van der Waals surface area contributed by atoms with Gasteiger partial charge in [-0.2, -0.15) is 0 Å². The van der Waals surface area contributed by atoms with Crippen molar-refractivity contribution in [2.24, 2.45) is 0 Å². The summed E-state index contributed by atoms with van der Waals surface area (Å²) in [7, 11) is 1.59. The Morgan fingerprint density at radius 3 is 2.41 bits per heavy atom. The Kier molecular flexibility index (Phi) is 7.21. The molecule has 0 saturated heterocycles. The van der Waals surface area contributed by atoms with Crippen LogP contribution in [0.2, 0.25) is 10.0 Å². The van der Waals surface area contributed by atoms with Gasteiger partial charge in [0.2, 0.25) is 0 Å². The van der Waals surface area contributed by atoms with Crippen molar-refractivity contribution in [3.8, 4) is 0 Å². The Balaban J connectivity index is 1.87. The standard InChI is InChI=1S/C19H18Cl2N2O4/c1-12(19(26)23(2)14-6-4-3-5-7-14)27-17(24)11-22-18(25)15-9-8-13(20)10-16(15)21/h3-10,12H,11H2,1-2H3,(H,22,25). The van der Waals surface area contributed by atoms with Crippen molar-refractivity contribution >= 4 is 46.7 Å². The maximum absolute atomic E-state index is 12.3. The average molecular weight is 409 g/mol. The summed E-state index contributed by atoms with van der Waals surface area (Å²) < 4.78 is 5.09. The molecule has 0 aliphatic carbocycles. The van der Waals surface area contributed by atoms with E-state index in [1.54, 1.807) is 31.3 Å². The van der Waals surface area contributed by atoms with Crippen LogP contribution in [0.1, 0.15) is 17.3 Å². The summed E-state index contributed by atoms with van der Waals surface area (Å²) >= 11 is 11.7. The van der Waals surface area contributed by atoms with Gasteiger partial charge in [-0.1, -0.05) is 41.4 Å². The minimum atomic E-state index is -1.00.